The molecule has 0 aromatic heterocycles. The second-order valence-corrected chi connectivity index (χ2v) is 5.17. The second-order valence-electron chi connectivity index (χ2n) is 4.26. The molecular weight excluding hydrogens is 280 g/mol. The molecule has 1 saturated heterocycles. The van der Waals surface area contributed by atoms with Crippen LogP contribution in [-0.4, -0.2) is 26.3 Å². The zero-order chi connectivity index (χ0) is 12.3. The lowest BCUT2D eigenvalue weighted by Crippen LogP contribution is -2.39. The molecule has 0 aliphatic carbocycles. The Balaban J connectivity index is 2.21. The van der Waals surface area contributed by atoms with Gasteiger partial charge in [-0.05, 0) is 31.0 Å². The van der Waals surface area contributed by atoms with E-state index in [1.54, 1.807) is 7.11 Å². The van der Waals surface area contributed by atoms with Crippen molar-refractivity contribution in [2.45, 2.75) is 18.9 Å². The molecule has 1 fully saturated rings. The highest BCUT2D eigenvalue weighted by atomic mass is 79.9. The lowest BCUT2D eigenvalue weighted by atomic mass is 10.1. The SMILES string of the molecule is COC1CCCN(c2cc(Br)cc(C#N)c2)C1. The fourth-order valence-corrected chi connectivity index (χ4v) is 2.67. The van der Waals surface area contributed by atoms with Crippen LogP contribution in [0.15, 0.2) is 22.7 Å². The first kappa shape index (κ1) is 12.4. The summed E-state index contributed by atoms with van der Waals surface area (Å²) in [5.74, 6) is 0. The topological polar surface area (TPSA) is 36.3 Å². The predicted octanol–water partition coefficient (Wildman–Crippen LogP) is 2.94. The Morgan fingerprint density at radius 2 is 2.29 bits per heavy atom. The summed E-state index contributed by atoms with van der Waals surface area (Å²) in [6.45, 7) is 1.93. The Morgan fingerprint density at radius 3 is 3.00 bits per heavy atom. The molecule has 0 saturated carbocycles. The predicted molar refractivity (Wildman–Crippen MR) is 71.1 cm³/mol. The third-order valence-corrected chi connectivity index (χ3v) is 3.55. The number of anilines is 1. The molecule has 3 nitrogen and oxygen atoms in total. The molecule has 0 bridgehead atoms. The van der Waals surface area contributed by atoms with E-state index in [-0.39, 0.29) is 0 Å². The first-order valence-electron chi connectivity index (χ1n) is 5.71. The van der Waals surface area contributed by atoms with Crippen LogP contribution < -0.4 is 4.90 Å². The van der Waals surface area contributed by atoms with Crippen LogP contribution in [0.5, 0.6) is 0 Å². The standard InChI is InChI=1S/C13H15BrN2O/c1-17-13-3-2-4-16(9-13)12-6-10(8-15)5-11(14)7-12/h5-7,13H,2-4,9H2,1H3. The molecule has 1 atom stereocenters. The number of hydrogen-bond donors (Lipinski definition) is 0. The van der Waals surface area contributed by atoms with E-state index in [4.69, 9.17) is 10.00 Å². The van der Waals surface area contributed by atoms with E-state index in [1.807, 2.05) is 12.1 Å². The highest BCUT2D eigenvalue weighted by Crippen LogP contribution is 2.26. The van der Waals surface area contributed by atoms with Crippen molar-refractivity contribution in [2.75, 3.05) is 25.1 Å². The molecule has 0 radical (unpaired) electrons. The first-order valence-corrected chi connectivity index (χ1v) is 6.50. The lowest BCUT2D eigenvalue weighted by molar-refractivity contribution is 0.0893. The van der Waals surface area contributed by atoms with Crippen molar-refractivity contribution >= 4 is 21.6 Å². The maximum atomic E-state index is 8.97. The van der Waals surface area contributed by atoms with Gasteiger partial charge in [0.05, 0.1) is 17.7 Å². The Kier molecular flexibility index (Phi) is 4.03. The van der Waals surface area contributed by atoms with Crippen LogP contribution in [0.4, 0.5) is 5.69 Å². The van der Waals surface area contributed by atoms with E-state index in [1.165, 1.54) is 0 Å². The van der Waals surface area contributed by atoms with E-state index in [2.05, 4.69) is 33.0 Å². The fraction of sp³-hybridized carbons (Fsp3) is 0.462. The molecule has 1 aromatic carbocycles. The largest absolute Gasteiger partial charge is 0.380 e. The van der Waals surface area contributed by atoms with Crippen molar-refractivity contribution in [1.29, 1.82) is 5.26 Å². The van der Waals surface area contributed by atoms with Crippen LogP contribution in [0.25, 0.3) is 0 Å². The number of benzene rings is 1. The smallest absolute Gasteiger partial charge is 0.0992 e. The van der Waals surface area contributed by atoms with Crippen molar-refractivity contribution in [1.82, 2.24) is 0 Å². The average molecular weight is 295 g/mol. The summed E-state index contributed by atoms with van der Waals surface area (Å²) >= 11 is 3.44. The molecule has 0 N–H and O–H groups in total. The highest BCUT2D eigenvalue weighted by molar-refractivity contribution is 9.10. The molecule has 0 spiro atoms. The van der Waals surface area contributed by atoms with Crippen molar-refractivity contribution in [3.05, 3.63) is 28.2 Å². The number of halogens is 1. The van der Waals surface area contributed by atoms with Gasteiger partial charge in [0.15, 0.2) is 0 Å². The molecule has 90 valence electrons. The van der Waals surface area contributed by atoms with Gasteiger partial charge in [-0.15, -0.1) is 0 Å². The third kappa shape index (κ3) is 2.99. The van der Waals surface area contributed by atoms with Gasteiger partial charge in [-0.25, -0.2) is 0 Å². The normalized spacial score (nSPS) is 20.1. The molecule has 17 heavy (non-hydrogen) atoms. The molecule has 4 heteroatoms. The molecule has 1 heterocycles. The van der Waals surface area contributed by atoms with E-state index in [0.717, 1.165) is 36.1 Å². The second kappa shape index (κ2) is 5.52. The van der Waals surface area contributed by atoms with Gasteiger partial charge in [0.25, 0.3) is 0 Å². The summed E-state index contributed by atoms with van der Waals surface area (Å²) in [6.07, 6.45) is 2.55. The van der Waals surface area contributed by atoms with Gasteiger partial charge in [-0.1, -0.05) is 15.9 Å². The Labute approximate surface area is 110 Å². The van der Waals surface area contributed by atoms with E-state index in [0.29, 0.717) is 11.7 Å². The number of hydrogen-bond acceptors (Lipinski definition) is 3. The summed E-state index contributed by atoms with van der Waals surface area (Å²) in [4.78, 5) is 2.28. The number of nitrogens with zero attached hydrogens (tertiary/aromatic N) is 2. The number of piperidine rings is 1. The number of rotatable bonds is 2. The van der Waals surface area contributed by atoms with Crippen LogP contribution in [0.1, 0.15) is 18.4 Å². The van der Waals surface area contributed by atoms with Crippen LogP contribution in [0, 0.1) is 11.3 Å². The lowest BCUT2D eigenvalue weighted by Gasteiger charge is -2.33. The number of ether oxygens (including phenoxy) is 1. The molecule has 2 rings (SSSR count). The van der Waals surface area contributed by atoms with Gasteiger partial charge in [-0.3, -0.25) is 0 Å². The highest BCUT2D eigenvalue weighted by Gasteiger charge is 2.20. The minimum atomic E-state index is 0.299. The van der Waals surface area contributed by atoms with Crippen molar-refractivity contribution < 1.29 is 4.74 Å². The van der Waals surface area contributed by atoms with Gasteiger partial charge >= 0.3 is 0 Å². The van der Waals surface area contributed by atoms with Crippen LogP contribution in [0.3, 0.4) is 0 Å². The zero-order valence-electron chi connectivity index (χ0n) is 9.82. The summed E-state index contributed by atoms with van der Waals surface area (Å²) in [5, 5.41) is 8.97. The number of methoxy groups -OCH3 is 1. The molecule has 1 unspecified atom stereocenters. The Bertz CT molecular complexity index is 442. The minimum absolute atomic E-state index is 0.299. The van der Waals surface area contributed by atoms with E-state index < -0.39 is 0 Å². The number of nitriles is 1. The summed E-state index contributed by atoms with van der Waals surface area (Å²) in [5.41, 5.74) is 1.78. The molecule has 0 amide bonds. The van der Waals surface area contributed by atoms with Gasteiger partial charge in [0.1, 0.15) is 0 Å². The van der Waals surface area contributed by atoms with Crippen molar-refractivity contribution in [3.8, 4) is 6.07 Å². The molecule has 1 aliphatic heterocycles. The van der Waals surface area contributed by atoms with Gasteiger partial charge in [-0.2, -0.15) is 5.26 Å². The van der Waals surface area contributed by atoms with Gasteiger partial charge in [0, 0.05) is 30.4 Å². The van der Waals surface area contributed by atoms with Crippen molar-refractivity contribution in [2.24, 2.45) is 0 Å². The van der Waals surface area contributed by atoms with Gasteiger partial charge in [0.2, 0.25) is 0 Å². The maximum absolute atomic E-state index is 8.97. The average Bonchev–Trinajstić information content (AvgIpc) is 2.38. The monoisotopic (exact) mass is 294 g/mol. The Morgan fingerprint density at radius 1 is 1.47 bits per heavy atom. The summed E-state index contributed by atoms with van der Waals surface area (Å²) in [6, 6.07) is 8.01. The first-order chi connectivity index (χ1) is 8.22. The fourth-order valence-electron chi connectivity index (χ4n) is 2.19. The summed E-state index contributed by atoms with van der Waals surface area (Å²) < 4.78 is 6.36. The molecule has 1 aromatic rings. The van der Waals surface area contributed by atoms with Crippen molar-refractivity contribution in [3.63, 3.8) is 0 Å². The zero-order valence-corrected chi connectivity index (χ0v) is 11.4. The maximum Gasteiger partial charge on any atom is 0.0992 e. The van der Waals surface area contributed by atoms with E-state index in [9.17, 15) is 0 Å². The third-order valence-electron chi connectivity index (χ3n) is 3.09. The molecule has 1 aliphatic rings. The quantitative estimate of drug-likeness (QED) is 0.841. The van der Waals surface area contributed by atoms with Crippen LogP contribution >= 0.6 is 15.9 Å². The van der Waals surface area contributed by atoms with Crippen LogP contribution in [0.2, 0.25) is 0 Å². The minimum Gasteiger partial charge on any atom is -0.380 e. The van der Waals surface area contributed by atoms with E-state index >= 15 is 0 Å². The summed E-state index contributed by atoms with van der Waals surface area (Å²) in [7, 11) is 1.76. The van der Waals surface area contributed by atoms with Crippen LogP contribution in [-0.2, 0) is 4.74 Å². The molecular formula is C13H15BrN2O. The van der Waals surface area contributed by atoms with Gasteiger partial charge < -0.3 is 9.64 Å². The Hall–Kier alpha value is -1.05.